The van der Waals surface area contributed by atoms with Gasteiger partial charge in [-0.3, -0.25) is 4.79 Å². The minimum absolute atomic E-state index is 0.0406. The molecule has 0 spiro atoms. The van der Waals surface area contributed by atoms with Gasteiger partial charge in [-0.15, -0.1) is 8.78 Å². The molecule has 0 bridgehead atoms. The van der Waals surface area contributed by atoms with Crippen LogP contribution in [-0.2, 0) is 14.6 Å². The lowest BCUT2D eigenvalue weighted by Gasteiger charge is -2.27. The third-order valence-electron chi connectivity index (χ3n) is 4.26. The van der Waals surface area contributed by atoms with Crippen molar-refractivity contribution >= 4 is 21.4 Å². The number of carbonyl (C=O) groups is 1. The molecule has 25 heavy (non-hydrogen) atoms. The highest BCUT2D eigenvalue weighted by Crippen LogP contribution is 2.42. The summed E-state index contributed by atoms with van der Waals surface area (Å²) in [4.78, 5) is 13.9. The predicted octanol–water partition coefficient (Wildman–Crippen LogP) is 1.45. The summed E-state index contributed by atoms with van der Waals surface area (Å²) >= 11 is 0. The van der Waals surface area contributed by atoms with Crippen LogP contribution in [0.25, 0.3) is 0 Å². The molecule has 1 saturated heterocycles. The Morgan fingerprint density at radius 3 is 2.68 bits per heavy atom. The second kappa shape index (κ2) is 6.01. The molecule has 1 amide bonds. The van der Waals surface area contributed by atoms with Crippen molar-refractivity contribution < 1.29 is 31.5 Å². The molecule has 2 aliphatic rings. The van der Waals surface area contributed by atoms with E-state index in [9.17, 15) is 22.0 Å². The first kappa shape index (κ1) is 17.7. The number of alkyl halides is 2. The molecule has 0 aromatic heterocycles. The summed E-state index contributed by atoms with van der Waals surface area (Å²) in [5.41, 5.74) is 0.411. The van der Waals surface area contributed by atoms with E-state index in [4.69, 9.17) is 0 Å². The number of carbonyl (C=O) groups excluding carboxylic acids is 1. The fourth-order valence-corrected chi connectivity index (χ4v) is 4.69. The molecule has 1 aromatic rings. The molecule has 2 atom stereocenters. The second-order valence-electron chi connectivity index (χ2n) is 6.20. The van der Waals surface area contributed by atoms with Crippen LogP contribution in [0.1, 0.15) is 13.3 Å². The van der Waals surface area contributed by atoms with Crippen LogP contribution in [0.4, 0.5) is 14.5 Å². The number of ether oxygens (including phenoxy) is 2. The fourth-order valence-electron chi connectivity index (χ4n) is 2.92. The van der Waals surface area contributed by atoms with Crippen LogP contribution >= 0.6 is 0 Å². The molecule has 2 aliphatic heterocycles. The number of halogens is 2. The standard InChI is InChI=1S/C15H18F2N2O5S/c1-9(14(20)19(2)11-5-6-25(21,22)8-11)18-10-3-4-12-13(7-10)24-15(16,17)23-12/h3-4,7,9,11,18H,5-6,8H2,1-2H3/t9-,11-/m0/s1. The van der Waals surface area contributed by atoms with E-state index in [0.29, 0.717) is 12.1 Å². The Labute approximate surface area is 143 Å². The van der Waals surface area contributed by atoms with Gasteiger partial charge in [-0.2, -0.15) is 0 Å². The number of anilines is 1. The van der Waals surface area contributed by atoms with Gasteiger partial charge in [0.25, 0.3) is 0 Å². The van der Waals surface area contributed by atoms with Gasteiger partial charge < -0.3 is 19.7 Å². The summed E-state index contributed by atoms with van der Waals surface area (Å²) < 4.78 is 57.8. The summed E-state index contributed by atoms with van der Waals surface area (Å²) in [7, 11) is -1.53. The molecule has 0 radical (unpaired) electrons. The number of likely N-dealkylation sites (N-methyl/N-ethyl adjacent to an activating group) is 1. The van der Waals surface area contributed by atoms with Crippen LogP contribution in [0.2, 0.25) is 0 Å². The van der Waals surface area contributed by atoms with Crippen molar-refractivity contribution in [1.82, 2.24) is 4.90 Å². The van der Waals surface area contributed by atoms with Gasteiger partial charge in [-0.25, -0.2) is 8.42 Å². The number of nitrogens with one attached hydrogen (secondary N) is 1. The first-order chi connectivity index (χ1) is 11.6. The van der Waals surface area contributed by atoms with Gasteiger partial charge in [0.05, 0.1) is 11.5 Å². The topological polar surface area (TPSA) is 84.9 Å². The van der Waals surface area contributed by atoms with E-state index < -0.39 is 22.2 Å². The largest absolute Gasteiger partial charge is 0.586 e. The third-order valence-corrected chi connectivity index (χ3v) is 6.01. The van der Waals surface area contributed by atoms with Gasteiger partial charge >= 0.3 is 6.29 Å². The molecule has 1 N–H and O–H groups in total. The molecule has 138 valence electrons. The van der Waals surface area contributed by atoms with Gasteiger partial charge in [0, 0.05) is 24.8 Å². The average Bonchev–Trinajstić information content (AvgIpc) is 3.02. The van der Waals surface area contributed by atoms with Crippen molar-refractivity contribution in [1.29, 1.82) is 0 Å². The van der Waals surface area contributed by atoms with E-state index in [1.54, 1.807) is 14.0 Å². The number of hydrogen-bond acceptors (Lipinski definition) is 6. The Kier molecular flexibility index (Phi) is 4.26. The zero-order valence-corrected chi connectivity index (χ0v) is 14.5. The lowest BCUT2D eigenvalue weighted by Crippen LogP contribution is -2.45. The second-order valence-corrected chi connectivity index (χ2v) is 8.43. The zero-order valence-electron chi connectivity index (χ0n) is 13.7. The quantitative estimate of drug-likeness (QED) is 0.856. The van der Waals surface area contributed by atoms with Crippen LogP contribution in [0.15, 0.2) is 18.2 Å². The SMILES string of the molecule is C[C@H](Nc1ccc2c(c1)OC(F)(F)O2)C(=O)N(C)[C@H]1CCS(=O)(=O)C1. The molecule has 0 unspecified atom stereocenters. The summed E-state index contributed by atoms with van der Waals surface area (Å²) in [5, 5.41) is 2.90. The van der Waals surface area contributed by atoms with E-state index in [2.05, 4.69) is 14.8 Å². The molecule has 3 rings (SSSR count). The zero-order chi connectivity index (χ0) is 18.4. The normalized spacial score (nSPS) is 23.9. The highest BCUT2D eigenvalue weighted by Gasteiger charge is 2.43. The van der Waals surface area contributed by atoms with Crippen LogP contribution in [0.3, 0.4) is 0 Å². The van der Waals surface area contributed by atoms with E-state index in [-0.39, 0.29) is 35.0 Å². The van der Waals surface area contributed by atoms with Crippen molar-refractivity contribution in [2.45, 2.75) is 31.7 Å². The minimum atomic E-state index is -3.70. The van der Waals surface area contributed by atoms with Gasteiger partial charge in [-0.1, -0.05) is 0 Å². The fraction of sp³-hybridized carbons (Fsp3) is 0.533. The number of hydrogen-bond donors (Lipinski definition) is 1. The number of rotatable bonds is 4. The Morgan fingerprint density at radius 2 is 2.04 bits per heavy atom. The monoisotopic (exact) mass is 376 g/mol. The van der Waals surface area contributed by atoms with Gasteiger partial charge in [0.15, 0.2) is 21.3 Å². The number of sulfone groups is 1. The van der Waals surface area contributed by atoms with E-state index in [1.807, 2.05) is 0 Å². The Morgan fingerprint density at radius 1 is 1.36 bits per heavy atom. The van der Waals surface area contributed by atoms with Crippen LogP contribution in [0, 0.1) is 0 Å². The lowest BCUT2D eigenvalue weighted by molar-refractivity contribution is -0.286. The van der Waals surface area contributed by atoms with Crippen LogP contribution in [-0.4, -0.2) is 56.2 Å². The number of nitrogens with zero attached hydrogens (tertiary/aromatic N) is 1. The average molecular weight is 376 g/mol. The molecule has 1 fully saturated rings. The number of amides is 1. The predicted molar refractivity (Wildman–Crippen MR) is 85.6 cm³/mol. The first-order valence-corrected chi connectivity index (χ1v) is 9.52. The first-order valence-electron chi connectivity index (χ1n) is 7.70. The molecule has 0 saturated carbocycles. The Balaban J connectivity index is 1.64. The minimum Gasteiger partial charge on any atom is -0.395 e. The summed E-state index contributed by atoms with van der Waals surface area (Å²) in [5.74, 6) is -0.452. The number of benzene rings is 1. The van der Waals surface area contributed by atoms with Crippen LogP contribution < -0.4 is 14.8 Å². The lowest BCUT2D eigenvalue weighted by atomic mass is 10.2. The maximum atomic E-state index is 13.0. The number of fused-ring (bicyclic) bond motifs is 1. The van der Waals surface area contributed by atoms with E-state index in [1.165, 1.54) is 23.1 Å². The molecular weight excluding hydrogens is 358 g/mol. The van der Waals surface area contributed by atoms with Gasteiger partial charge in [-0.05, 0) is 25.5 Å². The molecule has 2 heterocycles. The van der Waals surface area contributed by atoms with Crippen molar-refractivity contribution in [2.24, 2.45) is 0 Å². The smallest absolute Gasteiger partial charge is 0.395 e. The highest BCUT2D eigenvalue weighted by atomic mass is 32.2. The summed E-state index contributed by atoms with van der Waals surface area (Å²) in [6.07, 6.45) is -3.28. The van der Waals surface area contributed by atoms with Crippen molar-refractivity contribution in [3.63, 3.8) is 0 Å². The maximum Gasteiger partial charge on any atom is 0.586 e. The van der Waals surface area contributed by atoms with Crippen LogP contribution in [0.5, 0.6) is 11.5 Å². The van der Waals surface area contributed by atoms with Gasteiger partial charge in [0.1, 0.15) is 6.04 Å². The van der Waals surface area contributed by atoms with E-state index in [0.717, 1.165) is 0 Å². The maximum absolute atomic E-state index is 13.0. The summed E-state index contributed by atoms with van der Waals surface area (Å²) in [6, 6.07) is 3.11. The highest BCUT2D eigenvalue weighted by molar-refractivity contribution is 7.91. The van der Waals surface area contributed by atoms with Crippen molar-refractivity contribution in [3.8, 4) is 11.5 Å². The molecule has 7 nitrogen and oxygen atoms in total. The van der Waals surface area contributed by atoms with Crippen molar-refractivity contribution in [3.05, 3.63) is 18.2 Å². The third kappa shape index (κ3) is 3.78. The van der Waals surface area contributed by atoms with E-state index >= 15 is 0 Å². The van der Waals surface area contributed by atoms with Crippen molar-refractivity contribution in [2.75, 3.05) is 23.9 Å². The molecule has 0 aliphatic carbocycles. The molecule has 10 heteroatoms. The molecular formula is C15H18F2N2O5S. The van der Waals surface area contributed by atoms with Gasteiger partial charge in [0.2, 0.25) is 5.91 Å². The summed E-state index contributed by atoms with van der Waals surface area (Å²) in [6.45, 7) is 1.61. The Hall–Kier alpha value is -2.10. The Bertz CT molecular complexity index is 799. The molecule has 1 aromatic carbocycles.